The Kier molecular flexibility index (Phi) is 2.76. The minimum atomic E-state index is -1.49. The summed E-state index contributed by atoms with van der Waals surface area (Å²) >= 11 is 0. The summed E-state index contributed by atoms with van der Waals surface area (Å²) < 4.78 is 16.8. The Morgan fingerprint density at radius 1 is 1.50 bits per heavy atom. The molecule has 1 aromatic carbocycles. The maximum atomic E-state index is 11.4. The van der Waals surface area contributed by atoms with E-state index in [-0.39, 0.29) is 11.9 Å². The summed E-state index contributed by atoms with van der Waals surface area (Å²) in [6, 6.07) is 4.88. The fraction of sp³-hybridized carbons (Fsp3) is 0.400. The molecule has 5 nitrogen and oxygen atoms in total. The number of rotatable bonds is 1. The predicted molar refractivity (Wildman–Crippen MR) is 71.0 cm³/mol. The molecule has 0 spiro atoms. The maximum absolute atomic E-state index is 11.4. The van der Waals surface area contributed by atoms with Crippen LogP contribution in [0.1, 0.15) is 32.8 Å². The molecule has 1 saturated heterocycles. The molecule has 2 aliphatic rings. The van der Waals surface area contributed by atoms with Gasteiger partial charge < -0.3 is 19.3 Å². The molecular formula is C15H16O5. The number of aromatic hydroxyl groups is 1. The molecule has 106 valence electrons. The van der Waals surface area contributed by atoms with E-state index >= 15 is 0 Å². The van der Waals surface area contributed by atoms with E-state index < -0.39 is 11.9 Å². The highest BCUT2D eigenvalue weighted by molar-refractivity contribution is 5.77. The van der Waals surface area contributed by atoms with Gasteiger partial charge in [0.25, 0.3) is 0 Å². The van der Waals surface area contributed by atoms with Crippen molar-refractivity contribution >= 4 is 11.5 Å². The van der Waals surface area contributed by atoms with Gasteiger partial charge in [-0.1, -0.05) is 0 Å². The van der Waals surface area contributed by atoms with Gasteiger partial charge in [-0.2, -0.15) is 0 Å². The molecule has 2 heterocycles. The van der Waals surface area contributed by atoms with Crippen LogP contribution in [0.25, 0.3) is 5.57 Å². The summed E-state index contributed by atoms with van der Waals surface area (Å²) in [5, 5.41) is 9.59. The van der Waals surface area contributed by atoms with Crippen molar-refractivity contribution in [3.63, 3.8) is 0 Å². The Labute approximate surface area is 116 Å². The van der Waals surface area contributed by atoms with Gasteiger partial charge in [-0.25, -0.2) is 0 Å². The van der Waals surface area contributed by atoms with Gasteiger partial charge in [-0.05, 0) is 31.6 Å². The van der Waals surface area contributed by atoms with Crippen LogP contribution < -0.4 is 4.74 Å². The summed E-state index contributed by atoms with van der Waals surface area (Å²) in [4.78, 5) is 11.4. The second-order valence-electron chi connectivity index (χ2n) is 5.17. The number of benzene rings is 1. The first-order valence-corrected chi connectivity index (χ1v) is 6.51. The van der Waals surface area contributed by atoms with Crippen LogP contribution >= 0.6 is 0 Å². The fourth-order valence-electron chi connectivity index (χ4n) is 2.77. The highest BCUT2D eigenvalue weighted by Crippen LogP contribution is 2.49. The first kappa shape index (κ1) is 13.0. The number of hydrogen-bond acceptors (Lipinski definition) is 5. The molecular weight excluding hydrogens is 260 g/mol. The first-order chi connectivity index (χ1) is 9.41. The average molecular weight is 276 g/mol. The summed E-state index contributed by atoms with van der Waals surface area (Å²) in [6.45, 7) is 5.15. The lowest BCUT2D eigenvalue weighted by Gasteiger charge is -2.34. The second kappa shape index (κ2) is 4.24. The van der Waals surface area contributed by atoms with E-state index in [1.165, 1.54) is 13.0 Å². The smallest absolute Gasteiger partial charge is 0.400 e. The summed E-state index contributed by atoms with van der Waals surface area (Å²) in [7, 11) is 0. The number of carbonyl (C=O) groups excluding carboxylic acids is 1. The molecule has 0 unspecified atom stereocenters. The van der Waals surface area contributed by atoms with Crippen LogP contribution in [0.4, 0.5) is 0 Å². The highest BCUT2D eigenvalue weighted by Gasteiger charge is 2.53. The topological polar surface area (TPSA) is 65.0 Å². The minimum Gasteiger partial charge on any atom is -0.508 e. The lowest BCUT2D eigenvalue weighted by atomic mass is 9.94. The number of fused-ring (bicyclic) bond motifs is 2. The van der Waals surface area contributed by atoms with Crippen LogP contribution in [0, 0.1) is 0 Å². The molecule has 2 atom stereocenters. The van der Waals surface area contributed by atoms with Gasteiger partial charge in [-0.3, -0.25) is 4.79 Å². The van der Waals surface area contributed by atoms with E-state index in [4.69, 9.17) is 14.2 Å². The number of ether oxygens (including phenoxy) is 3. The van der Waals surface area contributed by atoms with Crippen molar-refractivity contribution in [2.75, 3.05) is 0 Å². The molecule has 5 heteroatoms. The van der Waals surface area contributed by atoms with Crippen molar-refractivity contribution in [2.24, 2.45) is 0 Å². The van der Waals surface area contributed by atoms with E-state index in [9.17, 15) is 9.90 Å². The zero-order chi connectivity index (χ0) is 14.5. The first-order valence-electron chi connectivity index (χ1n) is 6.51. The van der Waals surface area contributed by atoms with Crippen molar-refractivity contribution in [1.82, 2.24) is 0 Å². The maximum Gasteiger partial charge on any atom is 0.400 e. The predicted octanol–water partition coefficient (Wildman–Crippen LogP) is 2.58. The summed E-state index contributed by atoms with van der Waals surface area (Å²) in [5.74, 6) is -1.44. The van der Waals surface area contributed by atoms with E-state index in [1.807, 2.05) is 13.8 Å². The van der Waals surface area contributed by atoms with Crippen LogP contribution in [-0.4, -0.2) is 23.2 Å². The third-order valence-corrected chi connectivity index (χ3v) is 3.56. The Bertz CT molecular complexity index is 619. The third-order valence-electron chi connectivity index (χ3n) is 3.56. The Hall–Kier alpha value is -2.01. The second-order valence-corrected chi connectivity index (χ2v) is 5.17. The SMILES string of the molecule is CC(=O)O[C@]12Oc3cc(O)ccc3C(C)=C1C[C@H](C)O2. The molecule has 2 aliphatic heterocycles. The van der Waals surface area contributed by atoms with Crippen LogP contribution in [0.2, 0.25) is 0 Å². The zero-order valence-electron chi connectivity index (χ0n) is 11.6. The van der Waals surface area contributed by atoms with Crippen molar-refractivity contribution in [2.45, 2.75) is 39.3 Å². The molecule has 1 N–H and O–H groups in total. The molecule has 1 aromatic rings. The van der Waals surface area contributed by atoms with Crippen molar-refractivity contribution in [3.05, 3.63) is 29.3 Å². The monoisotopic (exact) mass is 276 g/mol. The quantitative estimate of drug-likeness (QED) is 0.799. The largest absolute Gasteiger partial charge is 0.508 e. The molecule has 0 bridgehead atoms. The molecule has 3 rings (SSSR count). The molecule has 0 radical (unpaired) electrons. The van der Waals surface area contributed by atoms with Gasteiger partial charge in [0.15, 0.2) is 0 Å². The highest BCUT2D eigenvalue weighted by atomic mass is 16.9. The lowest BCUT2D eigenvalue weighted by molar-refractivity contribution is -0.295. The van der Waals surface area contributed by atoms with E-state index in [0.29, 0.717) is 12.2 Å². The van der Waals surface area contributed by atoms with Crippen molar-refractivity contribution < 1.29 is 24.1 Å². The van der Waals surface area contributed by atoms with Crippen LogP contribution in [-0.2, 0) is 14.3 Å². The van der Waals surface area contributed by atoms with Gasteiger partial charge in [0.1, 0.15) is 11.5 Å². The molecule has 0 saturated carbocycles. The lowest BCUT2D eigenvalue weighted by Crippen LogP contribution is -2.44. The van der Waals surface area contributed by atoms with Gasteiger partial charge in [0.05, 0.1) is 11.7 Å². The Morgan fingerprint density at radius 2 is 2.25 bits per heavy atom. The van der Waals surface area contributed by atoms with E-state index in [2.05, 4.69) is 0 Å². The Balaban J connectivity index is 2.15. The molecule has 0 amide bonds. The third kappa shape index (κ3) is 1.86. The number of phenols is 1. The standard InChI is InChI=1S/C15H16O5/c1-8-6-13-9(2)12-5-4-11(17)7-14(12)20-15(13,18-8)19-10(3)16/h4-5,7-8,17H,6H2,1-3H3/t8-,15-/m0/s1. The van der Waals surface area contributed by atoms with Crippen LogP contribution in [0.5, 0.6) is 11.5 Å². The normalized spacial score (nSPS) is 27.6. The number of esters is 1. The molecule has 20 heavy (non-hydrogen) atoms. The summed E-state index contributed by atoms with van der Waals surface area (Å²) in [5.41, 5.74) is 2.65. The number of hydrogen-bond donors (Lipinski definition) is 1. The van der Waals surface area contributed by atoms with Crippen molar-refractivity contribution in [1.29, 1.82) is 0 Å². The summed E-state index contributed by atoms with van der Waals surface area (Å²) in [6.07, 6.45) is 0.529. The Morgan fingerprint density at radius 3 is 2.95 bits per heavy atom. The molecule has 0 aromatic heterocycles. The van der Waals surface area contributed by atoms with Gasteiger partial charge in [0, 0.05) is 25.0 Å². The number of allylic oxidation sites excluding steroid dienone is 1. The van der Waals surface area contributed by atoms with Crippen LogP contribution in [0.3, 0.4) is 0 Å². The van der Waals surface area contributed by atoms with E-state index in [1.54, 1.807) is 12.1 Å². The van der Waals surface area contributed by atoms with Gasteiger partial charge in [-0.15, -0.1) is 0 Å². The minimum absolute atomic E-state index is 0.0871. The zero-order valence-corrected chi connectivity index (χ0v) is 11.6. The van der Waals surface area contributed by atoms with Gasteiger partial charge in [0.2, 0.25) is 0 Å². The number of carbonyl (C=O) groups is 1. The van der Waals surface area contributed by atoms with Crippen molar-refractivity contribution in [3.8, 4) is 11.5 Å². The number of phenolic OH excluding ortho intramolecular Hbond substituents is 1. The molecule has 1 fully saturated rings. The van der Waals surface area contributed by atoms with Crippen LogP contribution in [0.15, 0.2) is 23.8 Å². The molecule has 0 aliphatic carbocycles. The van der Waals surface area contributed by atoms with E-state index in [0.717, 1.165) is 16.7 Å². The van der Waals surface area contributed by atoms with Gasteiger partial charge >= 0.3 is 11.9 Å². The fourth-order valence-corrected chi connectivity index (χ4v) is 2.77. The average Bonchev–Trinajstić information content (AvgIpc) is 2.64.